The van der Waals surface area contributed by atoms with Gasteiger partial charge in [-0.2, -0.15) is 0 Å². The second-order valence-corrected chi connectivity index (χ2v) is 8.06. The number of aromatic amines is 1. The number of amides is 1. The average Bonchev–Trinajstić information content (AvgIpc) is 3.23. The van der Waals surface area contributed by atoms with Crippen LogP contribution in [0.1, 0.15) is 12.0 Å². The fourth-order valence-corrected chi connectivity index (χ4v) is 3.70. The number of hydrogen-bond acceptors (Lipinski definition) is 5. The molecule has 9 nitrogen and oxygen atoms in total. The number of aromatic nitrogens is 1. The number of likely N-dealkylation sites (N-methyl/N-ethyl adjacent to an activating group) is 1. The Kier molecular flexibility index (Phi) is 11.8. The lowest BCUT2D eigenvalue weighted by Crippen LogP contribution is -2.41. The Morgan fingerprint density at radius 2 is 2.00 bits per heavy atom. The van der Waals surface area contributed by atoms with Crippen LogP contribution in [0, 0.1) is 0 Å². The molecule has 0 saturated carbocycles. The fraction of sp³-hybridized carbons (Fsp3) is 0.565. The summed E-state index contributed by atoms with van der Waals surface area (Å²) in [5, 5.41) is 7.85. The summed E-state index contributed by atoms with van der Waals surface area (Å²) in [5.41, 5.74) is 2.24. The number of nitrogens with zero attached hydrogens (tertiary/aromatic N) is 3. The third kappa shape index (κ3) is 8.35. The number of halogens is 1. The van der Waals surface area contributed by atoms with Gasteiger partial charge in [-0.25, -0.2) is 4.99 Å². The summed E-state index contributed by atoms with van der Waals surface area (Å²) in [6.07, 6.45) is 3.83. The molecule has 1 fully saturated rings. The van der Waals surface area contributed by atoms with E-state index >= 15 is 0 Å². The number of carbonyl (C=O) groups is 1. The zero-order chi connectivity index (χ0) is 22.8. The molecule has 1 aliphatic rings. The number of morpholine rings is 1. The molecule has 184 valence electrons. The maximum Gasteiger partial charge on any atom is 0.243 e. The minimum Gasteiger partial charge on any atom is -0.496 e. The monoisotopic (exact) mass is 572 g/mol. The van der Waals surface area contributed by atoms with E-state index in [9.17, 15) is 4.79 Å². The van der Waals surface area contributed by atoms with Crippen molar-refractivity contribution < 1.29 is 14.3 Å². The molecule has 1 amide bonds. The van der Waals surface area contributed by atoms with Crippen molar-refractivity contribution >= 4 is 46.7 Å². The maximum atomic E-state index is 12.0. The Balaban J connectivity index is 0.00000385. The van der Waals surface area contributed by atoms with E-state index in [2.05, 4.69) is 25.5 Å². The highest BCUT2D eigenvalue weighted by Crippen LogP contribution is 2.28. The summed E-state index contributed by atoms with van der Waals surface area (Å²) in [4.78, 5) is 23.7. The van der Waals surface area contributed by atoms with Crippen molar-refractivity contribution in [2.75, 3.05) is 73.7 Å². The largest absolute Gasteiger partial charge is 0.496 e. The molecule has 0 atom stereocenters. The number of rotatable bonds is 10. The van der Waals surface area contributed by atoms with Crippen molar-refractivity contribution in [2.24, 2.45) is 4.99 Å². The van der Waals surface area contributed by atoms with Gasteiger partial charge in [0.2, 0.25) is 5.91 Å². The molecule has 1 aromatic heterocycles. The number of aliphatic imine (C=N–C) groups is 1. The zero-order valence-electron chi connectivity index (χ0n) is 19.9. The molecule has 0 aliphatic carbocycles. The molecular weight excluding hydrogens is 535 g/mol. The highest BCUT2D eigenvalue weighted by atomic mass is 127. The van der Waals surface area contributed by atoms with Crippen molar-refractivity contribution in [2.45, 2.75) is 12.8 Å². The van der Waals surface area contributed by atoms with Crippen molar-refractivity contribution in [3.63, 3.8) is 0 Å². The van der Waals surface area contributed by atoms with Crippen molar-refractivity contribution in [3.8, 4) is 5.75 Å². The summed E-state index contributed by atoms with van der Waals surface area (Å²) in [5.74, 6) is 1.50. The van der Waals surface area contributed by atoms with Crippen LogP contribution in [0.15, 0.2) is 29.4 Å². The van der Waals surface area contributed by atoms with Gasteiger partial charge in [0.25, 0.3) is 0 Å². The number of H-pyrrole nitrogens is 1. The smallest absolute Gasteiger partial charge is 0.243 e. The second kappa shape index (κ2) is 14.3. The molecule has 1 aromatic carbocycles. The molecule has 3 N–H and O–H groups in total. The Bertz CT molecular complexity index is 895. The number of fused-ring (bicyclic) bond motifs is 1. The lowest BCUT2D eigenvalue weighted by Gasteiger charge is -2.26. The van der Waals surface area contributed by atoms with Crippen LogP contribution in [0.4, 0.5) is 0 Å². The number of nitrogens with one attached hydrogen (secondary N) is 3. The molecule has 2 aromatic rings. The van der Waals surface area contributed by atoms with E-state index in [0.717, 1.165) is 68.9 Å². The number of carbonyl (C=O) groups excluding carboxylic acids is 1. The van der Waals surface area contributed by atoms with Crippen LogP contribution in [0.25, 0.3) is 10.9 Å². The van der Waals surface area contributed by atoms with E-state index in [-0.39, 0.29) is 36.4 Å². The SMILES string of the molecule is COc1cccc2[nH]cc(CCNC(=NCC(=O)N(C)C)NCCCN3CCOCC3)c12.I. The van der Waals surface area contributed by atoms with Gasteiger partial charge in [-0.1, -0.05) is 6.07 Å². The number of benzene rings is 1. The van der Waals surface area contributed by atoms with Crippen LogP contribution >= 0.6 is 24.0 Å². The van der Waals surface area contributed by atoms with Crippen LogP contribution in [-0.4, -0.2) is 100 Å². The predicted octanol–water partition coefficient (Wildman–Crippen LogP) is 1.68. The normalized spacial score (nSPS) is 14.6. The van der Waals surface area contributed by atoms with Gasteiger partial charge >= 0.3 is 0 Å². The van der Waals surface area contributed by atoms with Gasteiger partial charge in [0, 0.05) is 57.4 Å². The summed E-state index contributed by atoms with van der Waals surface area (Å²) < 4.78 is 10.9. The Hall–Kier alpha value is -2.05. The number of methoxy groups -OCH3 is 1. The molecule has 10 heteroatoms. The van der Waals surface area contributed by atoms with E-state index < -0.39 is 0 Å². The number of hydrogen-bond donors (Lipinski definition) is 3. The van der Waals surface area contributed by atoms with Gasteiger partial charge in [0.1, 0.15) is 12.3 Å². The van der Waals surface area contributed by atoms with E-state index in [1.807, 2.05) is 24.4 Å². The molecular formula is C23H37IN6O3. The predicted molar refractivity (Wildman–Crippen MR) is 143 cm³/mol. The first-order chi connectivity index (χ1) is 15.6. The molecule has 0 spiro atoms. The molecule has 2 heterocycles. The minimum absolute atomic E-state index is 0. The molecule has 3 rings (SSSR count). The average molecular weight is 572 g/mol. The standard InChI is InChI=1S/C23H36N6O3.HI/c1-28(2)21(30)17-27-23(24-9-5-11-29-12-14-32-15-13-29)25-10-8-18-16-26-19-6-4-7-20(31-3)22(18)19;/h4,6-7,16,26H,5,8-15,17H2,1-3H3,(H2,24,25,27);1H. The summed E-state index contributed by atoms with van der Waals surface area (Å²) in [6.45, 7) is 6.23. The van der Waals surface area contributed by atoms with E-state index in [4.69, 9.17) is 9.47 Å². The Morgan fingerprint density at radius 3 is 2.73 bits per heavy atom. The number of guanidine groups is 1. The van der Waals surface area contributed by atoms with Gasteiger partial charge in [-0.3, -0.25) is 9.69 Å². The highest BCUT2D eigenvalue weighted by molar-refractivity contribution is 14.0. The van der Waals surface area contributed by atoms with E-state index in [0.29, 0.717) is 12.5 Å². The van der Waals surface area contributed by atoms with Gasteiger partial charge in [-0.05, 0) is 37.1 Å². The van der Waals surface area contributed by atoms with Crippen LogP contribution in [-0.2, 0) is 16.0 Å². The Labute approximate surface area is 213 Å². The van der Waals surface area contributed by atoms with Gasteiger partial charge in [-0.15, -0.1) is 24.0 Å². The van der Waals surface area contributed by atoms with Crippen molar-refractivity contribution in [1.82, 2.24) is 25.4 Å². The first kappa shape index (κ1) is 27.2. The molecule has 0 unspecified atom stereocenters. The molecule has 0 bridgehead atoms. The second-order valence-electron chi connectivity index (χ2n) is 8.06. The summed E-state index contributed by atoms with van der Waals surface area (Å²) in [7, 11) is 5.17. The first-order valence-electron chi connectivity index (χ1n) is 11.2. The third-order valence-electron chi connectivity index (χ3n) is 5.57. The lowest BCUT2D eigenvalue weighted by molar-refractivity contribution is -0.127. The lowest BCUT2D eigenvalue weighted by atomic mass is 10.1. The topological polar surface area (TPSA) is 94.2 Å². The van der Waals surface area contributed by atoms with Crippen LogP contribution in [0.3, 0.4) is 0 Å². The van der Waals surface area contributed by atoms with Crippen LogP contribution in [0.2, 0.25) is 0 Å². The molecule has 1 saturated heterocycles. The molecule has 1 aliphatic heterocycles. The van der Waals surface area contributed by atoms with E-state index in [1.54, 1.807) is 26.1 Å². The third-order valence-corrected chi connectivity index (χ3v) is 5.57. The highest BCUT2D eigenvalue weighted by Gasteiger charge is 2.11. The summed E-state index contributed by atoms with van der Waals surface area (Å²) in [6, 6.07) is 6.00. The van der Waals surface area contributed by atoms with Gasteiger partial charge in [0.15, 0.2) is 5.96 Å². The fourth-order valence-electron chi connectivity index (χ4n) is 3.70. The first-order valence-corrected chi connectivity index (χ1v) is 11.2. The zero-order valence-corrected chi connectivity index (χ0v) is 22.2. The maximum absolute atomic E-state index is 12.0. The molecule has 0 radical (unpaired) electrons. The quantitative estimate of drug-likeness (QED) is 0.174. The Morgan fingerprint density at radius 1 is 1.24 bits per heavy atom. The van der Waals surface area contributed by atoms with Crippen LogP contribution < -0.4 is 15.4 Å². The summed E-state index contributed by atoms with van der Waals surface area (Å²) >= 11 is 0. The van der Waals surface area contributed by atoms with Gasteiger partial charge in [0.05, 0.1) is 20.3 Å². The van der Waals surface area contributed by atoms with E-state index in [1.165, 1.54) is 5.56 Å². The number of ether oxygens (including phenoxy) is 2. The van der Waals surface area contributed by atoms with Crippen LogP contribution in [0.5, 0.6) is 5.75 Å². The van der Waals surface area contributed by atoms with Crippen molar-refractivity contribution in [3.05, 3.63) is 30.0 Å². The van der Waals surface area contributed by atoms with Gasteiger partial charge < -0.3 is 30.0 Å². The molecule has 33 heavy (non-hydrogen) atoms. The van der Waals surface area contributed by atoms with Crippen molar-refractivity contribution in [1.29, 1.82) is 0 Å². The minimum atomic E-state index is -0.0271.